The summed E-state index contributed by atoms with van der Waals surface area (Å²) in [4.78, 5) is -0.140. The van der Waals surface area contributed by atoms with Crippen LogP contribution in [0.15, 0.2) is 29.2 Å². The summed E-state index contributed by atoms with van der Waals surface area (Å²) in [6.07, 6.45) is -3.44. The number of rotatable bonds is 3. The molecule has 0 aliphatic heterocycles. The summed E-state index contributed by atoms with van der Waals surface area (Å²) >= 11 is 0. The van der Waals surface area contributed by atoms with Crippen molar-refractivity contribution in [2.75, 3.05) is 18.1 Å². The zero-order valence-corrected chi connectivity index (χ0v) is 9.19. The quantitative estimate of drug-likeness (QED) is 0.897. The Balaban J connectivity index is 2.97. The SMILES string of the molecule is CS(=O)(=O)c1ccccc1NCC(F)(F)F. The van der Waals surface area contributed by atoms with Crippen molar-refractivity contribution in [3.63, 3.8) is 0 Å². The maximum absolute atomic E-state index is 12.0. The number of hydrogen-bond acceptors (Lipinski definition) is 3. The van der Waals surface area contributed by atoms with Gasteiger partial charge in [-0.25, -0.2) is 8.42 Å². The normalized spacial score (nSPS) is 12.5. The summed E-state index contributed by atoms with van der Waals surface area (Å²) in [5.41, 5.74) is -0.0395. The minimum Gasteiger partial charge on any atom is -0.375 e. The molecular weight excluding hydrogens is 243 g/mol. The Bertz CT molecular complexity index is 468. The van der Waals surface area contributed by atoms with Gasteiger partial charge in [-0.1, -0.05) is 12.1 Å². The highest BCUT2D eigenvalue weighted by Crippen LogP contribution is 2.22. The lowest BCUT2D eigenvalue weighted by Crippen LogP contribution is -2.22. The minimum absolute atomic E-state index is 0.0395. The van der Waals surface area contributed by atoms with Gasteiger partial charge in [-0.05, 0) is 12.1 Å². The van der Waals surface area contributed by atoms with Gasteiger partial charge in [-0.15, -0.1) is 0 Å². The third kappa shape index (κ3) is 3.73. The number of alkyl halides is 3. The molecule has 16 heavy (non-hydrogen) atoms. The van der Waals surface area contributed by atoms with Gasteiger partial charge in [0.15, 0.2) is 9.84 Å². The van der Waals surface area contributed by atoms with Crippen LogP contribution in [0.4, 0.5) is 18.9 Å². The molecule has 0 heterocycles. The van der Waals surface area contributed by atoms with Crippen LogP contribution >= 0.6 is 0 Å². The van der Waals surface area contributed by atoms with Gasteiger partial charge < -0.3 is 5.32 Å². The van der Waals surface area contributed by atoms with Crippen LogP contribution in [0.5, 0.6) is 0 Å². The molecule has 0 aromatic heterocycles. The van der Waals surface area contributed by atoms with Crippen molar-refractivity contribution in [1.29, 1.82) is 0 Å². The number of sulfone groups is 1. The van der Waals surface area contributed by atoms with Crippen molar-refractivity contribution in [1.82, 2.24) is 0 Å². The Morgan fingerprint density at radius 1 is 1.25 bits per heavy atom. The van der Waals surface area contributed by atoms with Crippen molar-refractivity contribution in [3.05, 3.63) is 24.3 Å². The van der Waals surface area contributed by atoms with Crippen molar-refractivity contribution in [2.45, 2.75) is 11.1 Å². The first kappa shape index (κ1) is 12.8. The summed E-state index contributed by atoms with van der Waals surface area (Å²) in [5.74, 6) is 0. The van der Waals surface area contributed by atoms with Crippen molar-refractivity contribution in [3.8, 4) is 0 Å². The summed E-state index contributed by atoms with van der Waals surface area (Å²) in [6.45, 7) is -1.26. The van der Waals surface area contributed by atoms with Gasteiger partial charge in [0.2, 0.25) is 0 Å². The number of anilines is 1. The van der Waals surface area contributed by atoms with Gasteiger partial charge >= 0.3 is 6.18 Å². The molecule has 0 fully saturated rings. The van der Waals surface area contributed by atoms with E-state index in [1.54, 1.807) is 0 Å². The van der Waals surface area contributed by atoms with Crippen LogP contribution in [0.25, 0.3) is 0 Å². The maximum Gasteiger partial charge on any atom is 0.405 e. The predicted octanol–water partition coefficient (Wildman–Crippen LogP) is 2.06. The van der Waals surface area contributed by atoms with E-state index in [-0.39, 0.29) is 10.6 Å². The average Bonchev–Trinajstić information content (AvgIpc) is 2.12. The molecule has 0 saturated carbocycles. The highest BCUT2D eigenvalue weighted by molar-refractivity contribution is 7.90. The molecule has 7 heteroatoms. The number of hydrogen-bond donors (Lipinski definition) is 1. The summed E-state index contributed by atoms with van der Waals surface area (Å²) in [6, 6.07) is 5.47. The van der Waals surface area contributed by atoms with Crippen LogP contribution in [0, 0.1) is 0 Å². The molecule has 90 valence electrons. The molecule has 0 radical (unpaired) electrons. The van der Waals surface area contributed by atoms with Gasteiger partial charge in [0.25, 0.3) is 0 Å². The van der Waals surface area contributed by atoms with Crippen molar-refractivity contribution < 1.29 is 21.6 Å². The second kappa shape index (κ2) is 4.32. The van der Waals surface area contributed by atoms with E-state index in [0.717, 1.165) is 6.26 Å². The molecule has 0 aliphatic rings. The average molecular weight is 253 g/mol. The zero-order valence-electron chi connectivity index (χ0n) is 8.38. The predicted molar refractivity (Wildman–Crippen MR) is 54.1 cm³/mol. The monoisotopic (exact) mass is 253 g/mol. The van der Waals surface area contributed by atoms with E-state index in [4.69, 9.17) is 0 Å². The van der Waals surface area contributed by atoms with E-state index in [1.807, 2.05) is 0 Å². The zero-order chi connectivity index (χ0) is 12.4. The van der Waals surface area contributed by atoms with Crippen LogP contribution in [0.2, 0.25) is 0 Å². The van der Waals surface area contributed by atoms with Crippen LogP contribution < -0.4 is 5.32 Å². The van der Waals surface area contributed by atoms with Crippen LogP contribution in [-0.2, 0) is 9.84 Å². The molecule has 0 aliphatic carbocycles. The molecule has 1 rings (SSSR count). The molecule has 1 aromatic rings. The lowest BCUT2D eigenvalue weighted by molar-refractivity contribution is -0.115. The molecule has 0 saturated heterocycles. The fourth-order valence-corrected chi connectivity index (χ4v) is 2.00. The molecule has 1 N–H and O–H groups in total. The van der Waals surface area contributed by atoms with Crippen LogP contribution in [-0.4, -0.2) is 27.4 Å². The van der Waals surface area contributed by atoms with Crippen LogP contribution in [0.3, 0.4) is 0 Å². The van der Waals surface area contributed by atoms with Crippen molar-refractivity contribution in [2.24, 2.45) is 0 Å². The first-order valence-corrected chi connectivity index (χ1v) is 6.19. The third-order valence-electron chi connectivity index (χ3n) is 1.77. The Kier molecular flexibility index (Phi) is 3.47. The van der Waals surface area contributed by atoms with E-state index in [0.29, 0.717) is 0 Å². The summed E-state index contributed by atoms with van der Waals surface area (Å²) in [7, 11) is -3.53. The number of benzene rings is 1. The first-order chi connectivity index (χ1) is 7.20. The molecule has 0 spiro atoms. The van der Waals surface area contributed by atoms with Gasteiger partial charge in [-0.3, -0.25) is 0 Å². The smallest absolute Gasteiger partial charge is 0.375 e. The number of nitrogens with one attached hydrogen (secondary N) is 1. The second-order valence-corrected chi connectivity index (χ2v) is 5.22. The molecular formula is C9H10F3NO2S. The standard InChI is InChI=1S/C9H10F3NO2S/c1-16(14,15)8-5-3-2-4-7(8)13-6-9(10,11)12/h2-5,13H,6H2,1H3. The lowest BCUT2D eigenvalue weighted by Gasteiger charge is -2.12. The molecule has 0 atom stereocenters. The van der Waals surface area contributed by atoms with E-state index in [9.17, 15) is 21.6 Å². The first-order valence-electron chi connectivity index (χ1n) is 4.30. The fourth-order valence-electron chi connectivity index (χ4n) is 1.13. The minimum atomic E-state index is -4.38. The molecule has 1 aromatic carbocycles. The maximum atomic E-state index is 12.0. The Morgan fingerprint density at radius 2 is 1.81 bits per heavy atom. The summed E-state index contributed by atoms with van der Waals surface area (Å²) in [5, 5.41) is 2.06. The van der Waals surface area contributed by atoms with E-state index >= 15 is 0 Å². The van der Waals surface area contributed by atoms with E-state index in [1.165, 1.54) is 24.3 Å². The molecule has 3 nitrogen and oxygen atoms in total. The van der Waals surface area contributed by atoms with E-state index < -0.39 is 22.6 Å². The molecule has 0 unspecified atom stereocenters. The van der Waals surface area contributed by atoms with Gasteiger partial charge in [-0.2, -0.15) is 13.2 Å². The Morgan fingerprint density at radius 3 is 2.31 bits per heavy atom. The number of halogens is 3. The van der Waals surface area contributed by atoms with E-state index in [2.05, 4.69) is 5.32 Å². The lowest BCUT2D eigenvalue weighted by atomic mass is 10.3. The Labute approximate surface area is 91.2 Å². The number of para-hydroxylation sites is 1. The van der Waals surface area contributed by atoms with Crippen LogP contribution in [0.1, 0.15) is 0 Å². The third-order valence-corrected chi connectivity index (χ3v) is 2.92. The van der Waals surface area contributed by atoms with Gasteiger partial charge in [0, 0.05) is 6.26 Å². The highest BCUT2D eigenvalue weighted by Gasteiger charge is 2.27. The topological polar surface area (TPSA) is 46.2 Å². The molecule has 0 amide bonds. The van der Waals surface area contributed by atoms with Gasteiger partial charge in [0.05, 0.1) is 10.6 Å². The largest absolute Gasteiger partial charge is 0.405 e. The van der Waals surface area contributed by atoms with Gasteiger partial charge in [0.1, 0.15) is 6.54 Å². The van der Waals surface area contributed by atoms with Crippen molar-refractivity contribution >= 4 is 15.5 Å². The Hall–Kier alpha value is -1.24. The highest BCUT2D eigenvalue weighted by atomic mass is 32.2. The molecule has 0 bridgehead atoms. The second-order valence-electron chi connectivity index (χ2n) is 3.24. The summed E-state index contributed by atoms with van der Waals surface area (Å²) < 4.78 is 58.4. The fraction of sp³-hybridized carbons (Fsp3) is 0.333.